The van der Waals surface area contributed by atoms with Gasteiger partial charge in [-0.3, -0.25) is 4.79 Å². The van der Waals surface area contributed by atoms with Gasteiger partial charge in [-0.15, -0.1) is 0 Å². The molecule has 1 atom stereocenters. The molecule has 1 aliphatic heterocycles. The van der Waals surface area contributed by atoms with Crippen molar-refractivity contribution in [3.05, 3.63) is 35.4 Å². The van der Waals surface area contributed by atoms with Gasteiger partial charge in [0.05, 0.1) is 0 Å². The first-order chi connectivity index (χ1) is 7.56. The Morgan fingerprint density at radius 3 is 2.75 bits per heavy atom. The smallest absolute Gasteiger partial charge is 0.223 e. The van der Waals surface area contributed by atoms with E-state index in [0.29, 0.717) is 24.4 Å². The number of likely N-dealkylation sites (tertiary alicyclic amines) is 1. The summed E-state index contributed by atoms with van der Waals surface area (Å²) in [7, 11) is 0. The molecule has 4 heteroatoms. The van der Waals surface area contributed by atoms with E-state index in [1.165, 1.54) is 12.1 Å². The molecule has 86 valence electrons. The topological polar surface area (TPSA) is 20.3 Å². The maximum Gasteiger partial charge on any atom is 0.223 e. The summed E-state index contributed by atoms with van der Waals surface area (Å²) in [5.74, 6) is -0.832. The van der Waals surface area contributed by atoms with E-state index in [0.717, 1.165) is 6.07 Å². The van der Waals surface area contributed by atoms with Crippen LogP contribution in [0.15, 0.2) is 18.2 Å². The predicted octanol–water partition coefficient (Wildman–Crippen LogP) is 2.33. The van der Waals surface area contributed by atoms with Crippen LogP contribution in [0.5, 0.6) is 0 Å². The Morgan fingerprint density at radius 2 is 2.19 bits per heavy atom. The lowest BCUT2D eigenvalue weighted by Gasteiger charge is -2.16. The monoisotopic (exact) mass is 225 g/mol. The number of amides is 1. The second-order valence-electron chi connectivity index (χ2n) is 4.32. The van der Waals surface area contributed by atoms with Gasteiger partial charge in [-0.25, -0.2) is 8.78 Å². The Labute approximate surface area is 92.9 Å². The van der Waals surface area contributed by atoms with Gasteiger partial charge in [0.25, 0.3) is 0 Å². The number of carbonyl (C=O) groups is 1. The van der Waals surface area contributed by atoms with Crippen molar-refractivity contribution in [2.45, 2.75) is 19.9 Å². The first-order valence-electron chi connectivity index (χ1n) is 5.28. The Morgan fingerprint density at radius 1 is 1.44 bits per heavy atom. The van der Waals surface area contributed by atoms with Gasteiger partial charge in [-0.1, -0.05) is 13.0 Å². The molecular formula is C12H13F2NO. The molecule has 1 fully saturated rings. The zero-order chi connectivity index (χ0) is 11.7. The molecule has 0 bridgehead atoms. The molecule has 2 nitrogen and oxygen atoms in total. The fourth-order valence-electron chi connectivity index (χ4n) is 1.98. The SMILES string of the molecule is CC1CC(=O)N(Cc2ccc(F)cc2F)C1. The zero-order valence-corrected chi connectivity index (χ0v) is 9.04. The van der Waals surface area contributed by atoms with E-state index < -0.39 is 11.6 Å². The van der Waals surface area contributed by atoms with Crippen molar-refractivity contribution in [2.75, 3.05) is 6.54 Å². The van der Waals surface area contributed by atoms with E-state index >= 15 is 0 Å². The van der Waals surface area contributed by atoms with E-state index in [-0.39, 0.29) is 12.5 Å². The van der Waals surface area contributed by atoms with Crippen LogP contribution in [0.1, 0.15) is 18.9 Å². The molecule has 1 amide bonds. The third-order valence-electron chi connectivity index (χ3n) is 2.78. The van der Waals surface area contributed by atoms with Gasteiger partial charge in [0.15, 0.2) is 0 Å². The number of carbonyl (C=O) groups excluding carboxylic acids is 1. The molecule has 0 radical (unpaired) electrons. The van der Waals surface area contributed by atoms with E-state index in [2.05, 4.69) is 0 Å². The summed E-state index contributed by atoms with van der Waals surface area (Å²) in [5, 5.41) is 0. The first kappa shape index (κ1) is 11.0. The fraction of sp³-hybridized carbons (Fsp3) is 0.417. The first-order valence-corrected chi connectivity index (χ1v) is 5.28. The van der Waals surface area contributed by atoms with Crippen molar-refractivity contribution >= 4 is 5.91 Å². The number of hydrogen-bond donors (Lipinski definition) is 0. The summed E-state index contributed by atoms with van der Waals surface area (Å²) in [6.45, 7) is 2.86. The van der Waals surface area contributed by atoms with Crippen LogP contribution in [-0.2, 0) is 11.3 Å². The minimum Gasteiger partial charge on any atom is -0.338 e. The third kappa shape index (κ3) is 2.21. The molecule has 0 aliphatic carbocycles. The van der Waals surface area contributed by atoms with Crippen molar-refractivity contribution in [1.82, 2.24) is 4.90 Å². The minimum absolute atomic E-state index is 0.0382. The number of hydrogen-bond acceptors (Lipinski definition) is 1. The maximum atomic E-state index is 13.4. The van der Waals surface area contributed by atoms with Crippen LogP contribution in [0.3, 0.4) is 0 Å². The van der Waals surface area contributed by atoms with Crippen molar-refractivity contribution in [1.29, 1.82) is 0 Å². The van der Waals surface area contributed by atoms with Gasteiger partial charge in [-0.05, 0) is 12.0 Å². The molecule has 0 aromatic heterocycles. The highest BCUT2D eigenvalue weighted by Gasteiger charge is 2.26. The Hall–Kier alpha value is -1.45. The van der Waals surface area contributed by atoms with Crippen molar-refractivity contribution < 1.29 is 13.6 Å². The normalized spacial score (nSPS) is 20.6. The molecule has 1 saturated heterocycles. The van der Waals surface area contributed by atoms with Crippen LogP contribution in [-0.4, -0.2) is 17.4 Å². The summed E-state index contributed by atoms with van der Waals surface area (Å²) in [5.41, 5.74) is 0.365. The van der Waals surface area contributed by atoms with Crippen molar-refractivity contribution in [3.63, 3.8) is 0 Å². The third-order valence-corrected chi connectivity index (χ3v) is 2.78. The molecule has 16 heavy (non-hydrogen) atoms. The van der Waals surface area contributed by atoms with Gasteiger partial charge in [0, 0.05) is 31.1 Å². The zero-order valence-electron chi connectivity index (χ0n) is 9.04. The quantitative estimate of drug-likeness (QED) is 0.756. The Kier molecular flexibility index (Phi) is 2.90. The largest absolute Gasteiger partial charge is 0.338 e. The molecule has 0 spiro atoms. The average molecular weight is 225 g/mol. The average Bonchev–Trinajstić information content (AvgIpc) is 2.50. The van der Waals surface area contributed by atoms with E-state index in [4.69, 9.17) is 0 Å². The summed E-state index contributed by atoms with van der Waals surface area (Å²) in [6.07, 6.45) is 0.517. The minimum atomic E-state index is -0.595. The lowest BCUT2D eigenvalue weighted by molar-refractivity contribution is -0.128. The standard InChI is InChI=1S/C12H13F2NO/c1-8-4-12(16)15(6-8)7-9-2-3-10(13)5-11(9)14/h2-3,5,8H,4,6-7H2,1H3. The summed E-state index contributed by atoms with van der Waals surface area (Å²) in [6, 6.07) is 3.45. The number of nitrogens with zero attached hydrogens (tertiary/aromatic N) is 1. The number of rotatable bonds is 2. The lowest BCUT2D eigenvalue weighted by atomic mass is 10.2. The molecule has 0 N–H and O–H groups in total. The molecule has 0 saturated carbocycles. The highest BCUT2D eigenvalue weighted by molar-refractivity contribution is 5.78. The van der Waals surface area contributed by atoms with Crippen LogP contribution < -0.4 is 0 Å². The summed E-state index contributed by atoms with van der Waals surface area (Å²) in [4.78, 5) is 13.1. The Bertz CT molecular complexity index is 419. The summed E-state index contributed by atoms with van der Waals surface area (Å²) < 4.78 is 26.0. The van der Waals surface area contributed by atoms with E-state index in [1.807, 2.05) is 6.92 Å². The number of halogens is 2. The molecule has 1 aliphatic rings. The highest BCUT2D eigenvalue weighted by Crippen LogP contribution is 2.20. The van der Waals surface area contributed by atoms with Crippen LogP contribution in [0.4, 0.5) is 8.78 Å². The van der Waals surface area contributed by atoms with Gasteiger partial charge in [0.2, 0.25) is 5.91 Å². The molecule has 1 heterocycles. The molecule has 1 aromatic carbocycles. The Balaban J connectivity index is 2.12. The molecule has 2 rings (SSSR count). The van der Waals surface area contributed by atoms with Crippen molar-refractivity contribution in [3.8, 4) is 0 Å². The van der Waals surface area contributed by atoms with Crippen LogP contribution in [0.2, 0.25) is 0 Å². The highest BCUT2D eigenvalue weighted by atomic mass is 19.1. The second-order valence-corrected chi connectivity index (χ2v) is 4.32. The molecule has 1 aromatic rings. The molecular weight excluding hydrogens is 212 g/mol. The van der Waals surface area contributed by atoms with Crippen LogP contribution in [0.25, 0.3) is 0 Å². The van der Waals surface area contributed by atoms with Gasteiger partial charge in [0.1, 0.15) is 11.6 Å². The van der Waals surface area contributed by atoms with Crippen molar-refractivity contribution in [2.24, 2.45) is 5.92 Å². The molecule has 1 unspecified atom stereocenters. The lowest BCUT2D eigenvalue weighted by Crippen LogP contribution is -2.24. The predicted molar refractivity (Wildman–Crippen MR) is 55.6 cm³/mol. The maximum absolute atomic E-state index is 13.4. The number of benzene rings is 1. The van der Waals surface area contributed by atoms with Crippen LogP contribution >= 0.6 is 0 Å². The van der Waals surface area contributed by atoms with Gasteiger partial charge >= 0.3 is 0 Å². The summed E-state index contributed by atoms with van der Waals surface area (Å²) >= 11 is 0. The van der Waals surface area contributed by atoms with Gasteiger partial charge < -0.3 is 4.90 Å². The fourth-order valence-corrected chi connectivity index (χ4v) is 1.98. The second kappa shape index (κ2) is 4.20. The van der Waals surface area contributed by atoms with E-state index in [9.17, 15) is 13.6 Å². The van der Waals surface area contributed by atoms with Crippen LogP contribution in [0, 0.1) is 17.6 Å². The van der Waals surface area contributed by atoms with Gasteiger partial charge in [-0.2, -0.15) is 0 Å². The van der Waals surface area contributed by atoms with E-state index in [1.54, 1.807) is 4.90 Å².